The summed E-state index contributed by atoms with van der Waals surface area (Å²) in [6, 6.07) is 14.3. The van der Waals surface area contributed by atoms with Crippen molar-refractivity contribution in [1.29, 1.82) is 0 Å². The van der Waals surface area contributed by atoms with E-state index in [1.807, 2.05) is 47.8 Å². The van der Waals surface area contributed by atoms with Gasteiger partial charge in [-0.05, 0) is 29.1 Å². The standard InChI is InChI=1S/C23H17N3O3S/c27-21(16-12-25-17-7-2-1-6-15(16)17)19-20(18-8-4-10-30-18)26(23(29)22(19)28)13-14-5-3-9-24-11-14/h1-12,20,25,27H,13H2/b21-19-. The Hall–Kier alpha value is -3.71. The fourth-order valence-electron chi connectivity index (χ4n) is 3.89. The normalized spacial score (nSPS) is 18.4. The average Bonchev–Trinajstić information content (AvgIpc) is 3.49. The minimum absolute atomic E-state index is 0.107. The van der Waals surface area contributed by atoms with Crippen molar-refractivity contribution < 1.29 is 14.7 Å². The van der Waals surface area contributed by atoms with Gasteiger partial charge in [-0.25, -0.2) is 0 Å². The van der Waals surface area contributed by atoms with E-state index >= 15 is 0 Å². The Kier molecular flexibility index (Phi) is 4.44. The number of hydrogen-bond donors (Lipinski definition) is 2. The molecule has 0 spiro atoms. The topological polar surface area (TPSA) is 86.3 Å². The van der Waals surface area contributed by atoms with Gasteiger partial charge in [0.2, 0.25) is 0 Å². The number of hydrogen-bond acceptors (Lipinski definition) is 5. The number of para-hydroxylation sites is 1. The zero-order valence-electron chi connectivity index (χ0n) is 15.8. The molecule has 148 valence electrons. The lowest BCUT2D eigenvalue weighted by Crippen LogP contribution is -2.28. The summed E-state index contributed by atoms with van der Waals surface area (Å²) in [5.74, 6) is -1.48. The van der Waals surface area contributed by atoms with Gasteiger partial charge < -0.3 is 15.0 Å². The van der Waals surface area contributed by atoms with Crippen molar-refractivity contribution in [1.82, 2.24) is 14.9 Å². The van der Waals surface area contributed by atoms with E-state index in [0.717, 1.165) is 21.3 Å². The average molecular weight is 415 g/mol. The fraction of sp³-hybridized carbons (Fsp3) is 0.0870. The molecule has 6 nitrogen and oxygen atoms in total. The Labute approximate surface area is 176 Å². The van der Waals surface area contributed by atoms with Gasteiger partial charge in [-0.2, -0.15) is 0 Å². The Morgan fingerprint density at radius 2 is 2.00 bits per heavy atom. The number of aliphatic hydroxyl groups excluding tert-OH is 1. The largest absolute Gasteiger partial charge is 0.507 e. The third-order valence-corrected chi connectivity index (χ3v) is 6.20. The second-order valence-electron chi connectivity index (χ2n) is 7.05. The summed E-state index contributed by atoms with van der Waals surface area (Å²) in [7, 11) is 0. The molecule has 0 radical (unpaired) electrons. The summed E-state index contributed by atoms with van der Waals surface area (Å²) in [4.78, 5) is 35.6. The van der Waals surface area contributed by atoms with E-state index in [0.29, 0.717) is 5.56 Å². The summed E-state index contributed by atoms with van der Waals surface area (Å²) < 4.78 is 0. The first-order chi connectivity index (χ1) is 14.6. The van der Waals surface area contributed by atoms with E-state index in [4.69, 9.17) is 0 Å². The molecule has 1 aromatic carbocycles. The number of amides is 1. The van der Waals surface area contributed by atoms with Crippen molar-refractivity contribution in [3.05, 3.63) is 94.1 Å². The molecule has 5 rings (SSSR count). The number of carbonyl (C=O) groups excluding carboxylic acids is 2. The van der Waals surface area contributed by atoms with Gasteiger partial charge >= 0.3 is 0 Å². The van der Waals surface area contributed by atoms with Crippen LogP contribution in [-0.4, -0.2) is 31.7 Å². The van der Waals surface area contributed by atoms with Gasteiger partial charge in [0.25, 0.3) is 11.7 Å². The van der Waals surface area contributed by atoms with Crippen LogP contribution in [0.3, 0.4) is 0 Å². The van der Waals surface area contributed by atoms with E-state index in [2.05, 4.69) is 9.97 Å². The van der Waals surface area contributed by atoms with E-state index < -0.39 is 17.7 Å². The quantitative estimate of drug-likeness (QED) is 0.296. The molecule has 4 aromatic rings. The summed E-state index contributed by atoms with van der Waals surface area (Å²) in [5.41, 5.74) is 2.27. The molecule has 0 aliphatic carbocycles. The number of likely N-dealkylation sites (tertiary alicyclic amines) is 1. The highest BCUT2D eigenvalue weighted by Gasteiger charge is 2.46. The highest BCUT2D eigenvalue weighted by molar-refractivity contribution is 7.10. The molecule has 1 aliphatic heterocycles. The van der Waals surface area contributed by atoms with Crippen LogP contribution in [0.4, 0.5) is 0 Å². The molecule has 1 unspecified atom stereocenters. The number of ketones is 1. The van der Waals surface area contributed by atoms with Crippen LogP contribution in [0, 0.1) is 0 Å². The van der Waals surface area contributed by atoms with Crippen molar-refractivity contribution in [3.8, 4) is 0 Å². The van der Waals surface area contributed by atoms with E-state index in [-0.39, 0.29) is 17.9 Å². The number of H-pyrrole nitrogens is 1. The number of fused-ring (bicyclic) bond motifs is 1. The van der Waals surface area contributed by atoms with Crippen LogP contribution in [0.25, 0.3) is 16.7 Å². The summed E-state index contributed by atoms with van der Waals surface area (Å²) in [6.07, 6.45) is 5.00. The molecule has 1 amide bonds. The third kappa shape index (κ3) is 2.91. The van der Waals surface area contributed by atoms with Crippen LogP contribution in [0.15, 0.2) is 78.1 Å². The van der Waals surface area contributed by atoms with Gasteiger partial charge in [0.1, 0.15) is 5.76 Å². The van der Waals surface area contributed by atoms with Crippen molar-refractivity contribution in [3.63, 3.8) is 0 Å². The first-order valence-corrected chi connectivity index (χ1v) is 10.3. The Bertz CT molecular complexity index is 1280. The Morgan fingerprint density at radius 1 is 1.13 bits per heavy atom. The smallest absolute Gasteiger partial charge is 0.295 e. The number of rotatable bonds is 4. The molecule has 1 atom stereocenters. The number of benzene rings is 1. The molecule has 1 fully saturated rings. The molecule has 4 heterocycles. The molecular weight excluding hydrogens is 398 g/mol. The Balaban J connectivity index is 1.67. The third-order valence-electron chi connectivity index (χ3n) is 5.27. The number of nitrogens with one attached hydrogen (secondary N) is 1. The number of aliphatic hydroxyl groups is 1. The first kappa shape index (κ1) is 18.3. The monoisotopic (exact) mass is 415 g/mol. The number of Topliss-reactive ketones (excluding diaryl/α,β-unsaturated/α-hetero) is 1. The summed E-state index contributed by atoms with van der Waals surface area (Å²) in [5, 5.41) is 13.9. The number of nitrogens with zero attached hydrogens (tertiary/aromatic N) is 2. The molecule has 0 saturated carbocycles. The maximum Gasteiger partial charge on any atom is 0.295 e. The number of aromatic nitrogens is 2. The van der Waals surface area contributed by atoms with Gasteiger partial charge in [-0.15, -0.1) is 11.3 Å². The van der Waals surface area contributed by atoms with E-state index in [1.54, 1.807) is 24.7 Å². The first-order valence-electron chi connectivity index (χ1n) is 9.42. The van der Waals surface area contributed by atoms with Gasteiger partial charge in [-0.1, -0.05) is 30.3 Å². The zero-order chi connectivity index (χ0) is 20.7. The van der Waals surface area contributed by atoms with Crippen LogP contribution < -0.4 is 0 Å². The lowest BCUT2D eigenvalue weighted by Gasteiger charge is -2.24. The number of carbonyl (C=O) groups is 2. The fourth-order valence-corrected chi connectivity index (χ4v) is 4.73. The SMILES string of the molecule is O=C1C(=O)N(Cc2cccnc2)C(c2cccs2)/C1=C(/O)c1c[nH]c2ccccc12. The molecule has 1 aliphatic rings. The predicted octanol–water partition coefficient (Wildman–Crippen LogP) is 4.25. The molecule has 3 aromatic heterocycles. The molecule has 7 heteroatoms. The minimum atomic E-state index is -0.680. The highest BCUT2D eigenvalue weighted by Crippen LogP contribution is 2.42. The second-order valence-corrected chi connectivity index (χ2v) is 8.03. The maximum atomic E-state index is 13.1. The van der Waals surface area contributed by atoms with Crippen molar-refractivity contribution >= 4 is 39.7 Å². The lowest BCUT2D eigenvalue weighted by molar-refractivity contribution is -0.140. The molecule has 1 saturated heterocycles. The highest BCUT2D eigenvalue weighted by atomic mass is 32.1. The predicted molar refractivity (Wildman–Crippen MR) is 115 cm³/mol. The van der Waals surface area contributed by atoms with Gasteiger partial charge in [-0.3, -0.25) is 14.6 Å². The van der Waals surface area contributed by atoms with Crippen LogP contribution in [0.2, 0.25) is 0 Å². The van der Waals surface area contributed by atoms with Crippen molar-refractivity contribution in [2.75, 3.05) is 0 Å². The molecule has 0 bridgehead atoms. The van der Waals surface area contributed by atoms with Gasteiger partial charge in [0, 0.05) is 46.5 Å². The van der Waals surface area contributed by atoms with E-state index in [1.165, 1.54) is 16.2 Å². The molecular formula is C23H17N3O3S. The van der Waals surface area contributed by atoms with Crippen molar-refractivity contribution in [2.24, 2.45) is 0 Å². The molecule has 30 heavy (non-hydrogen) atoms. The summed E-state index contributed by atoms with van der Waals surface area (Å²) >= 11 is 1.45. The number of thiophene rings is 1. The zero-order valence-corrected chi connectivity index (χ0v) is 16.6. The minimum Gasteiger partial charge on any atom is -0.507 e. The molecule has 2 N–H and O–H groups in total. The summed E-state index contributed by atoms with van der Waals surface area (Å²) in [6.45, 7) is 0.228. The Morgan fingerprint density at radius 3 is 2.77 bits per heavy atom. The second kappa shape index (κ2) is 7.27. The van der Waals surface area contributed by atoms with Crippen LogP contribution >= 0.6 is 11.3 Å². The van der Waals surface area contributed by atoms with Crippen LogP contribution in [-0.2, 0) is 16.1 Å². The lowest BCUT2D eigenvalue weighted by atomic mass is 9.99. The van der Waals surface area contributed by atoms with Crippen molar-refractivity contribution in [2.45, 2.75) is 12.6 Å². The number of aromatic amines is 1. The maximum absolute atomic E-state index is 13.1. The van der Waals surface area contributed by atoms with Crippen LogP contribution in [0.5, 0.6) is 0 Å². The van der Waals surface area contributed by atoms with Crippen LogP contribution in [0.1, 0.15) is 22.0 Å². The van der Waals surface area contributed by atoms with Gasteiger partial charge in [0.05, 0.1) is 11.6 Å². The van der Waals surface area contributed by atoms with Gasteiger partial charge in [0.15, 0.2) is 0 Å². The number of pyridine rings is 1. The van der Waals surface area contributed by atoms with E-state index in [9.17, 15) is 14.7 Å².